The zero-order chi connectivity index (χ0) is 11.7. The molecule has 0 unspecified atom stereocenters. The predicted molar refractivity (Wildman–Crippen MR) is 66.8 cm³/mol. The van der Waals surface area contributed by atoms with Crippen LogP contribution in [0, 0.1) is 0 Å². The molecule has 1 aliphatic rings. The van der Waals surface area contributed by atoms with E-state index in [1.54, 1.807) is 7.11 Å². The first-order chi connectivity index (χ1) is 8.40. The second-order valence-corrected chi connectivity index (χ2v) is 4.39. The maximum absolute atomic E-state index is 5.54. The highest BCUT2D eigenvalue weighted by Gasteiger charge is 2.21. The largest absolute Gasteiger partial charge is 0.481 e. The fourth-order valence-corrected chi connectivity index (χ4v) is 2.48. The first-order valence-corrected chi connectivity index (χ1v) is 6.10. The van der Waals surface area contributed by atoms with E-state index in [4.69, 9.17) is 4.74 Å². The van der Waals surface area contributed by atoms with E-state index >= 15 is 0 Å². The molecule has 1 aromatic carbocycles. The summed E-state index contributed by atoms with van der Waals surface area (Å²) in [5, 5.41) is 4.68. The van der Waals surface area contributed by atoms with Crippen LogP contribution in [0.25, 0.3) is 5.69 Å². The molecule has 3 nitrogen and oxygen atoms in total. The number of hydrogen-bond acceptors (Lipinski definition) is 2. The summed E-state index contributed by atoms with van der Waals surface area (Å²) in [7, 11) is 1.73. The molecular formula is C14H16N2O. The molecule has 2 aromatic rings. The molecule has 3 rings (SSSR count). The Morgan fingerprint density at radius 3 is 2.65 bits per heavy atom. The highest BCUT2D eigenvalue weighted by molar-refractivity contribution is 5.42. The molecule has 1 heterocycles. The Hall–Kier alpha value is -1.77. The summed E-state index contributed by atoms with van der Waals surface area (Å²) >= 11 is 0. The van der Waals surface area contributed by atoms with Crippen LogP contribution in [0.3, 0.4) is 0 Å². The van der Waals surface area contributed by atoms with Crippen molar-refractivity contribution in [2.24, 2.45) is 0 Å². The minimum Gasteiger partial charge on any atom is -0.481 e. The summed E-state index contributed by atoms with van der Waals surface area (Å²) in [5.41, 5.74) is 3.57. The lowest BCUT2D eigenvalue weighted by molar-refractivity contribution is 0.378. The molecule has 88 valence electrons. The monoisotopic (exact) mass is 228 g/mol. The summed E-state index contributed by atoms with van der Waals surface area (Å²) in [5.74, 6) is 0.908. The van der Waals surface area contributed by atoms with Crippen LogP contribution in [0.1, 0.15) is 24.1 Å². The van der Waals surface area contributed by atoms with Crippen LogP contribution in [0.15, 0.2) is 30.3 Å². The summed E-state index contributed by atoms with van der Waals surface area (Å²) in [6, 6.07) is 10.2. The molecule has 1 aliphatic carbocycles. The number of nitrogens with zero attached hydrogens (tertiary/aromatic N) is 2. The van der Waals surface area contributed by atoms with Crippen LogP contribution in [-0.2, 0) is 12.8 Å². The molecule has 0 atom stereocenters. The SMILES string of the molecule is COc1c2c(nn1-c1ccccc1)CCCC2. The van der Waals surface area contributed by atoms with Crippen LogP contribution >= 0.6 is 0 Å². The van der Waals surface area contributed by atoms with E-state index in [1.165, 1.54) is 24.1 Å². The molecule has 3 heteroatoms. The lowest BCUT2D eigenvalue weighted by Gasteiger charge is -2.10. The van der Waals surface area contributed by atoms with Crippen LogP contribution in [0.5, 0.6) is 5.88 Å². The third kappa shape index (κ3) is 1.71. The number of aryl methyl sites for hydroxylation is 1. The fraction of sp³-hybridized carbons (Fsp3) is 0.357. The van der Waals surface area contributed by atoms with Crippen molar-refractivity contribution in [3.63, 3.8) is 0 Å². The number of benzene rings is 1. The Balaban J connectivity index is 2.14. The zero-order valence-electron chi connectivity index (χ0n) is 10.0. The standard InChI is InChI=1S/C14H16N2O/c1-17-14-12-9-5-6-10-13(12)15-16(14)11-7-3-2-4-8-11/h2-4,7-8H,5-6,9-10H2,1H3. The van der Waals surface area contributed by atoms with E-state index in [0.29, 0.717) is 0 Å². The maximum Gasteiger partial charge on any atom is 0.219 e. The summed E-state index contributed by atoms with van der Waals surface area (Å²) in [6.07, 6.45) is 4.64. The van der Waals surface area contributed by atoms with Crippen LogP contribution in [0.2, 0.25) is 0 Å². The van der Waals surface area contributed by atoms with Gasteiger partial charge >= 0.3 is 0 Å². The zero-order valence-corrected chi connectivity index (χ0v) is 10.0. The van der Waals surface area contributed by atoms with Crippen molar-refractivity contribution in [1.82, 2.24) is 9.78 Å². The molecule has 1 aromatic heterocycles. The molecule has 0 fully saturated rings. The summed E-state index contributed by atoms with van der Waals surface area (Å²) in [4.78, 5) is 0. The number of rotatable bonds is 2. The summed E-state index contributed by atoms with van der Waals surface area (Å²) in [6.45, 7) is 0. The van der Waals surface area contributed by atoms with Crippen molar-refractivity contribution in [3.05, 3.63) is 41.6 Å². The van der Waals surface area contributed by atoms with E-state index in [2.05, 4.69) is 17.2 Å². The van der Waals surface area contributed by atoms with Crippen molar-refractivity contribution in [3.8, 4) is 11.6 Å². The number of aromatic nitrogens is 2. The van der Waals surface area contributed by atoms with Gasteiger partial charge in [-0.3, -0.25) is 0 Å². The molecular weight excluding hydrogens is 212 g/mol. The van der Waals surface area contributed by atoms with E-state index in [0.717, 1.165) is 24.4 Å². The van der Waals surface area contributed by atoms with Crippen LogP contribution < -0.4 is 4.74 Å². The number of para-hydroxylation sites is 1. The van der Waals surface area contributed by atoms with Gasteiger partial charge in [0.25, 0.3) is 0 Å². The molecule has 0 saturated heterocycles. The molecule has 0 aliphatic heterocycles. The average Bonchev–Trinajstić information content (AvgIpc) is 2.78. The normalized spacial score (nSPS) is 14.4. The molecule has 0 bridgehead atoms. The van der Waals surface area contributed by atoms with Gasteiger partial charge in [0.05, 0.1) is 18.5 Å². The lowest BCUT2D eigenvalue weighted by Crippen LogP contribution is -2.01. The van der Waals surface area contributed by atoms with Gasteiger partial charge < -0.3 is 4.74 Å². The first-order valence-electron chi connectivity index (χ1n) is 6.10. The Morgan fingerprint density at radius 2 is 1.88 bits per heavy atom. The quantitative estimate of drug-likeness (QED) is 0.790. The second kappa shape index (κ2) is 4.24. The molecule has 0 radical (unpaired) electrons. The van der Waals surface area contributed by atoms with Crippen molar-refractivity contribution in [1.29, 1.82) is 0 Å². The highest BCUT2D eigenvalue weighted by Crippen LogP contribution is 2.31. The van der Waals surface area contributed by atoms with E-state index in [1.807, 2.05) is 22.9 Å². The topological polar surface area (TPSA) is 27.1 Å². The third-order valence-corrected chi connectivity index (χ3v) is 3.30. The van der Waals surface area contributed by atoms with Gasteiger partial charge in [0.15, 0.2) is 0 Å². The number of methoxy groups -OCH3 is 1. The minimum absolute atomic E-state index is 0.908. The average molecular weight is 228 g/mol. The van der Waals surface area contributed by atoms with Gasteiger partial charge in [-0.15, -0.1) is 0 Å². The van der Waals surface area contributed by atoms with E-state index in [-0.39, 0.29) is 0 Å². The van der Waals surface area contributed by atoms with Gasteiger partial charge in [-0.2, -0.15) is 5.10 Å². The fourth-order valence-electron chi connectivity index (χ4n) is 2.48. The van der Waals surface area contributed by atoms with Gasteiger partial charge in [-0.05, 0) is 37.8 Å². The summed E-state index contributed by atoms with van der Waals surface area (Å²) < 4.78 is 7.47. The number of fused-ring (bicyclic) bond motifs is 1. The second-order valence-electron chi connectivity index (χ2n) is 4.39. The van der Waals surface area contributed by atoms with Crippen LogP contribution in [0.4, 0.5) is 0 Å². The predicted octanol–water partition coefficient (Wildman–Crippen LogP) is 2.76. The molecule has 0 saturated carbocycles. The van der Waals surface area contributed by atoms with Gasteiger partial charge in [0.1, 0.15) is 0 Å². The van der Waals surface area contributed by atoms with Gasteiger partial charge in [-0.1, -0.05) is 18.2 Å². The van der Waals surface area contributed by atoms with Gasteiger partial charge in [0, 0.05) is 5.56 Å². The molecule has 0 N–H and O–H groups in total. The third-order valence-electron chi connectivity index (χ3n) is 3.30. The van der Waals surface area contributed by atoms with E-state index in [9.17, 15) is 0 Å². The maximum atomic E-state index is 5.54. The van der Waals surface area contributed by atoms with Crippen molar-refractivity contribution >= 4 is 0 Å². The Bertz CT molecular complexity index is 517. The van der Waals surface area contributed by atoms with Gasteiger partial charge in [-0.25, -0.2) is 4.68 Å². The van der Waals surface area contributed by atoms with Gasteiger partial charge in [0.2, 0.25) is 5.88 Å². The highest BCUT2D eigenvalue weighted by atomic mass is 16.5. The molecule has 17 heavy (non-hydrogen) atoms. The first kappa shape index (κ1) is 10.4. The van der Waals surface area contributed by atoms with Crippen molar-refractivity contribution in [2.45, 2.75) is 25.7 Å². The number of ether oxygens (including phenoxy) is 1. The Morgan fingerprint density at radius 1 is 1.12 bits per heavy atom. The molecule has 0 amide bonds. The smallest absolute Gasteiger partial charge is 0.219 e. The lowest BCUT2D eigenvalue weighted by atomic mass is 9.98. The van der Waals surface area contributed by atoms with Crippen molar-refractivity contribution < 1.29 is 4.74 Å². The molecule has 0 spiro atoms. The van der Waals surface area contributed by atoms with E-state index < -0.39 is 0 Å². The van der Waals surface area contributed by atoms with Crippen molar-refractivity contribution in [2.75, 3.05) is 7.11 Å². The Kier molecular flexibility index (Phi) is 2.59. The Labute approximate surface area is 101 Å². The van der Waals surface area contributed by atoms with Crippen LogP contribution in [-0.4, -0.2) is 16.9 Å². The minimum atomic E-state index is 0.908. The number of hydrogen-bond donors (Lipinski definition) is 0.